The van der Waals surface area contributed by atoms with Gasteiger partial charge in [0.15, 0.2) is 0 Å². The highest BCUT2D eigenvalue weighted by Gasteiger charge is 2.09. The van der Waals surface area contributed by atoms with Crippen molar-refractivity contribution in [1.29, 1.82) is 0 Å². The summed E-state index contributed by atoms with van der Waals surface area (Å²) in [6, 6.07) is 19.8. The highest BCUT2D eigenvalue weighted by molar-refractivity contribution is 6.34. The Hall–Kier alpha value is -3.09. The van der Waals surface area contributed by atoms with E-state index in [4.69, 9.17) is 11.6 Å². The number of halogens is 1. The van der Waals surface area contributed by atoms with Crippen LogP contribution < -0.4 is 5.32 Å². The third kappa shape index (κ3) is 4.01. The van der Waals surface area contributed by atoms with Crippen molar-refractivity contribution in [3.63, 3.8) is 0 Å². The monoisotopic (exact) mass is 332 g/mol. The summed E-state index contributed by atoms with van der Waals surface area (Å²) in [5.74, 6) is 5.77. The average Bonchev–Trinajstić information content (AvgIpc) is 2.61. The Balaban J connectivity index is 1.78. The fraction of sp³-hybridized carbons (Fsp3) is 0. The van der Waals surface area contributed by atoms with Gasteiger partial charge in [0.05, 0.1) is 10.6 Å². The maximum Gasteiger partial charge on any atom is 0.257 e. The zero-order chi connectivity index (χ0) is 16.8. The number of hydrogen-bond acceptors (Lipinski definition) is 2. The summed E-state index contributed by atoms with van der Waals surface area (Å²) in [5, 5.41) is 3.25. The lowest BCUT2D eigenvalue weighted by Crippen LogP contribution is -2.12. The fourth-order valence-corrected chi connectivity index (χ4v) is 2.31. The lowest BCUT2D eigenvalue weighted by atomic mass is 10.1. The van der Waals surface area contributed by atoms with E-state index in [0.29, 0.717) is 22.0 Å². The average molecular weight is 333 g/mol. The second-order valence-corrected chi connectivity index (χ2v) is 5.39. The lowest BCUT2D eigenvalue weighted by Gasteiger charge is -2.06. The number of amides is 1. The molecule has 0 atom stereocenters. The number of carbonyl (C=O) groups is 1. The molecule has 0 bridgehead atoms. The van der Waals surface area contributed by atoms with Crippen LogP contribution in [0.4, 0.5) is 5.69 Å². The SMILES string of the molecule is O=C(Nc1cccc(C#Cc2ccccn2)c1)c1ccccc1Cl. The molecular formula is C20H13ClN2O. The van der Waals surface area contributed by atoms with Crippen molar-refractivity contribution in [2.75, 3.05) is 5.32 Å². The van der Waals surface area contributed by atoms with Crippen molar-refractivity contribution in [2.24, 2.45) is 0 Å². The molecule has 0 fully saturated rings. The number of benzene rings is 2. The summed E-state index contributed by atoms with van der Waals surface area (Å²) < 4.78 is 0. The number of pyridine rings is 1. The zero-order valence-electron chi connectivity index (χ0n) is 12.7. The second kappa shape index (κ2) is 7.45. The van der Waals surface area contributed by atoms with E-state index in [1.165, 1.54) is 0 Å². The highest BCUT2D eigenvalue weighted by Crippen LogP contribution is 2.17. The van der Waals surface area contributed by atoms with Gasteiger partial charge in [0, 0.05) is 17.4 Å². The quantitative estimate of drug-likeness (QED) is 0.707. The van der Waals surface area contributed by atoms with E-state index in [-0.39, 0.29) is 5.91 Å². The van der Waals surface area contributed by atoms with Gasteiger partial charge in [-0.15, -0.1) is 0 Å². The molecule has 0 aliphatic heterocycles. The van der Waals surface area contributed by atoms with Crippen LogP contribution in [0.1, 0.15) is 21.6 Å². The molecule has 0 aliphatic rings. The Morgan fingerprint density at radius 1 is 0.958 bits per heavy atom. The van der Waals surface area contributed by atoms with Gasteiger partial charge >= 0.3 is 0 Å². The van der Waals surface area contributed by atoms with Crippen LogP contribution in [0, 0.1) is 11.8 Å². The molecule has 0 radical (unpaired) electrons. The Bertz CT molecular complexity index is 927. The van der Waals surface area contributed by atoms with E-state index in [2.05, 4.69) is 22.1 Å². The third-order valence-electron chi connectivity index (χ3n) is 3.24. The third-order valence-corrected chi connectivity index (χ3v) is 3.57. The topological polar surface area (TPSA) is 42.0 Å². The van der Waals surface area contributed by atoms with Gasteiger partial charge in [0.25, 0.3) is 5.91 Å². The maximum absolute atomic E-state index is 12.3. The van der Waals surface area contributed by atoms with Gasteiger partial charge in [-0.1, -0.05) is 41.8 Å². The van der Waals surface area contributed by atoms with Crippen molar-refractivity contribution >= 4 is 23.2 Å². The molecule has 24 heavy (non-hydrogen) atoms. The van der Waals surface area contributed by atoms with Crippen molar-refractivity contribution in [2.45, 2.75) is 0 Å². The number of carbonyl (C=O) groups excluding carboxylic acids is 1. The maximum atomic E-state index is 12.3. The molecule has 1 amide bonds. The van der Waals surface area contributed by atoms with Crippen molar-refractivity contribution in [3.8, 4) is 11.8 Å². The molecule has 1 aromatic heterocycles. The Morgan fingerprint density at radius 3 is 2.58 bits per heavy atom. The lowest BCUT2D eigenvalue weighted by molar-refractivity contribution is 0.102. The first-order valence-electron chi connectivity index (χ1n) is 7.31. The molecule has 116 valence electrons. The molecular weight excluding hydrogens is 320 g/mol. The van der Waals surface area contributed by atoms with Crippen LogP contribution in [0.2, 0.25) is 5.02 Å². The smallest absolute Gasteiger partial charge is 0.257 e. The van der Waals surface area contributed by atoms with Crippen molar-refractivity contribution < 1.29 is 4.79 Å². The second-order valence-electron chi connectivity index (χ2n) is 4.98. The molecule has 1 heterocycles. The number of aromatic nitrogens is 1. The van der Waals surface area contributed by atoms with Crippen LogP contribution in [-0.4, -0.2) is 10.9 Å². The van der Waals surface area contributed by atoms with E-state index < -0.39 is 0 Å². The predicted molar refractivity (Wildman–Crippen MR) is 96.1 cm³/mol. The Labute approximate surface area is 145 Å². The summed E-state index contributed by atoms with van der Waals surface area (Å²) in [7, 11) is 0. The van der Waals surface area contributed by atoms with Gasteiger partial charge in [0.2, 0.25) is 0 Å². The summed E-state index contributed by atoms with van der Waals surface area (Å²) in [4.78, 5) is 16.4. The summed E-state index contributed by atoms with van der Waals surface area (Å²) >= 11 is 6.04. The predicted octanol–water partition coefficient (Wildman–Crippen LogP) is 4.39. The van der Waals surface area contributed by atoms with Gasteiger partial charge in [0.1, 0.15) is 5.69 Å². The minimum absolute atomic E-state index is 0.254. The number of rotatable bonds is 2. The number of hydrogen-bond donors (Lipinski definition) is 1. The summed E-state index contributed by atoms with van der Waals surface area (Å²) in [6.45, 7) is 0. The van der Waals surface area contributed by atoms with E-state index >= 15 is 0 Å². The molecule has 2 aromatic carbocycles. The zero-order valence-corrected chi connectivity index (χ0v) is 13.4. The van der Waals surface area contributed by atoms with Crippen LogP contribution in [0.25, 0.3) is 0 Å². The largest absolute Gasteiger partial charge is 0.322 e. The molecule has 0 spiro atoms. The molecule has 0 unspecified atom stereocenters. The molecule has 3 nitrogen and oxygen atoms in total. The van der Waals surface area contributed by atoms with E-state index in [9.17, 15) is 4.79 Å². The van der Waals surface area contributed by atoms with Crippen LogP contribution in [0.3, 0.4) is 0 Å². The molecule has 4 heteroatoms. The Morgan fingerprint density at radius 2 is 1.79 bits per heavy atom. The first kappa shape index (κ1) is 15.8. The first-order chi connectivity index (χ1) is 11.7. The van der Waals surface area contributed by atoms with Crippen molar-refractivity contribution in [1.82, 2.24) is 4.98 Å². The molecule has 3 aromatic rings. The Kier molecular flexibility index (Phi) is 4.90. The van der Waals surface area contributed by atoms with Crippen LogP contribution in [0.5, 0.6) is 0 Å². The molecule has 3 rings (SSSR count). The molecule has 0 saturated heterocycles. The van der Waals surface area contributed by atoms with E-state index in [1.807, 2.05) is 36.4 Å². The number of nitrogens with one attached hydrogen (secondary N) is 1. The summed E-state index contributed by atoms with van der Waals surface area (Å²) in [5.41, 5.74) is 2.58. The normalized spacial score (nSPS) is 9.71. The molecule has 0 aliphatic carbocycles. The number of nitrogens with zero attached hydrogens (tertiary/aromatic N) is 1. The molecule has 0 saturated carbocycles. The summed E-state index contributed by atoms with van der Waals surface area (Å²) in [6.07, 6.45) is 1.70. The van der Waals surface area contributed by atoms with Crippen LogP contribution in [0.15, 0.2) is 72.9 Å². The van der Waals surface area contributed by atoms with E-state index in [1.54, 1.807) is 36.5 Å². The standard InChI is InChI=1S/C20H13ClN2O/c21-19-10-2-1-9-18(19)20(24)23-17-8-5-6-15(14-17)11-12-16-7-3-4-13-22-16/h1-10,13-14H,(H,23,24). The van der Waals surface area contributed by atoms with Crippen LogP contribution >= 0.6 is 11.6 Å². The van der Waals surface area contributed by atoms with Crippen molar-refractivity contribution in [3.05, 3.63) is 94.8 Å². The molecule has 1 N–H and O–H groups in total. The highest BCUT2D eigenvalue weighted by atomic mass is 35.5. The fourth-order valence-electron chi connectivity index (χ4n) is 2.09. The van der Waals surface area contributed by atoms with Gasteiger partial charge in [-0.05, 0) is 48.4 Å². The van der Waals surface area contributed by atoms with Gasteiger partial charge in [-0.2, -0.15) is 0 Å². The van der Waals surface area contributed by atoms with Gasteiger partial charge in [-0.3, -0.25) is 4.79 Å². The van der Waals surface area contributed by atoms with E-state index in [0.717, 1.165) is 5.56 Å². The minimum Gasteiger partial charge on any atom is -0.322 e. The minimum atomic E-state index is -0.254. The number of anilines is 1. The first-order valence-corrected chi connectivity index (χ1v) is 7.69. The van der Waals surface area contributed by atoms with Gasteiger partial charge in [-0.25, -0.2) is 4.98 Å². The van der Waals surface area contributed by atoms with Crippen LogP contribution in [-0.2, 0) is 0 Å². The van der Waals surface area contributed by atoms with Gasteiger partial charge < -0.3 is 5.32 Å².